The van der Waals surface area contributed by atoms with Crippen LogP contribution >= 0.6 is 0 Å². The highest BCUT2D eigenvalue weighted by Crippen LogP contribution is 2.27. The number of unbranched alkanes of at least 4 members (excludes halogenated alkanes) is 1. The Balaban J connectivity index is 1.78. The molecule has 1 unspecified atom stereocenters. The van der Waals surface area contributed by atoms with Crippen LogP contribution in [-0.2, 0) is 0 Å². The quantitative estimate of drug-likeness (QED) is 0.504. The Morgan fingerprint density at radius 3 is 2.68 bits per heavy atom. The second kappa shape index (κ2) is 8.26. The van der Waals surface area contributed by atoms with Crippen molar-refractivity contribution < 1.29 is 4.74 Å². The fourth-order valence-electron chi connectivity index (χ4n) is 2.56. The molecule has 3 aromatic rings. The van der Waals surface area contributed by atoms with Gasteiger partial charge >= 0.3 is 0 Å². The minimum Gasteiger partial charge on any atom is -0.493 e. The van der Waals surface area contributed by atoms with Crippen molar-refractivity contribution >= 4 is 0 Å². The molecule has 0 aliphatic carbocycles. The van der Waals surface area contributed by atoms with Gasteiger partial charge in [0.25, 0.3) is 0 Å². The van der Waals surface area contributed by atoms with E-state index >= 15 is 0 Å². The number of para-hydroxylation sites is 2. The molecule has 5 nitrogen and oxygen atoms in total. The standard InChI is InChI=1S/C20H22N4O/c1-2-3-9-14-25-19-13-8-7-12-17(19)20(21)18-15-24(23-22-18)16-10-5-4-6-11-16/h2,4-8,10-13,15,20H,1,3,9,14,21H2. The first kappa shape index (κ1) is 16.9. The number of aromatic nitrogens is 3. The topological polar surface area (TPSA) is 66.0 Å². The van der Waals surface area contributed by atoms with Crippen molar-refractivity contribution in [1.82, 2.24) is 15.0 Å². The second-order valence-corrected chi connectivity index (χ2v) is 5.72. The lowest BCUT2D eigenvalue weighted by atomic mass is 10.0. The third-order valence-corrected chi connectivity index (χ3v) is 3.91. The first-order valence-electron chi connectivity index (χ1n) is 8.35. The van der Waals surface area contributed by atoms with E-state index in [1.54, 1.807) is 4.68 Å². The zero-order valence-corrected chi connectivity index (χ0v) is 14.1. The van der Waals surface area contributed by atoms with Crippen LogP contribution in [0.25, 0.3) is 5.69 Å². The number of nitrogens with two attached hydrogens (primary N) is 1. The van der Waals surface area contributed by atoms with Gasteiger partial charge in [0.1, 0.15) is 11.4 Å². The van der Waals surface area contributed by atoms with Crippen LogP contribution in [0.15, 0.2) is 73.4 Å². The highest BCUT2D eigenvalue weighted by atomic mass is 16.5. The first-order chi connectivity index (χ1) is 12.3. The summed E-state index contributed by atoms with van der Waals surface area (Å²) in [6.45, 7) is 4.36. The number of hydrogen-bond donors (Lipinski definition) is 1. The summed E-state index contributed by atoms with van der Waals surface area (Å²) in [5.41, 5.74) is 8.98. The Morgan fingerprint density at radius 2 is 1.88 bits per heavy atom. The summed E-state index contributed by atoms with van der Waals surface area (Å²) >= 11 is 0. The summed E-state index contributed by atoms with van der Waals surface area (Å²) < 4.78 is 7.62. The summed E-state index contributed by atoms with van der Waals surface area (Å²) in [4.78, 5) is 0. The Kier molecular flexibility index (Phi) is 5.59. The molecular formula is C20H22N4O. The molecule has 1 aromatic heterocycles. The number of hydrogen-bond acceptors (Lipinski definition) is 4. The van der Waals surface area contributed by atoms with Gasteiger partial charge in [0.2, 0.25) is 0 Å². The monoisotopic (exact) mass is 334 g/mol. The van der Waals surface area contributed by atoms with Crippen LogP contribution in [0.3, 0.4) is 0 Å². The maximum Gasteiger partial charge on any atom is 0.124 e. The SMILES string of the molecule is C=CCCCOc1ccccc1C(N)c1cn(-c2ccccc2)nn1. The Hall–Kier alpha value is -2.92. The van der Waals surface area contributed by atoms with E-state index < -0.39 is 6.04 Å². The summed E-state index contributed by atoms with van der Waals surface area (Å²) in [6, 6.07) is 17.2. The van der Waals surface area contributed by atoms with E-state index in [1.165, 1.54) is 0 Å². The summed E-state index contributed by atoms with van der Waals surface area (Å²) in [7, 11) is 0. The highest BCUT2D eigenvalue weighted by Gasteiger charge is 2.17. The van der Waals surface area contributed by atoms with E-state index in [2.05, 4.69) is 16.9 Å². The van der Waals surface area contributed by atoms with Gasteiger partial charge < -0.3 is 10.5 Å². The van der Waals surface area contributed by atoms with Crippen LogP contribution < -0.4 is 10.5 Å². The minimum atomic E-state index is -0.395. The number of nitrogens with zero attached hydrogens (tertiary/aromatic N) is 3. The molecule has 0 aliphatic heterocycles. The van der Waals surface area contributed by atoms with E-state index in [9.17, 15) is 0 Å². The summed E-state index contributed by atoms with van der Waals surface area (Å²) in [5, 5.41) is 8.42. The van der Waals surface area contributed by atoms with E-state index in [0.29, 0.717) is 12.3 Å². The van der Waals surface area contributed by atoms with E-state index in [1.807, 2.05) is 66.9 Å². The molecule has 2 N–H and O–H groups in total. The second-order valence-electron chi connectivity index (χ2n) is 5.72. The van der Waals surface area contributed by atoms with Gasteiger partial charge in [-0.25, -0.2) is 4.68 Å². The maximum absolute atomic E-state index is 6.43. The lowest BCUT2D eigenvalue weighted by Gasteiger charge is -2.15. The Morgan fingerprint density at radius 1 is 1.12 bits per heavy atom. The summed E-state index contributed by atoms with van der Waals surface area (Å²) in [6.07, 6.45) is 5.61. The minimum absolute atomic E-state index is 0.395. The van der Waals surface area contributed by atoms with Gasteiger partial charge in [-0.1, -0.05) is 47.7 Å². The third kappa shape index (κ3) is 4.14. The van der Waals surface area contributed by atoms with E-state index in [0.717, 1.165) is 29.8 Å². The highest BCUT2D eigenvalue weighted by molar-refractivity contribution is 5.40. The van der Waals surface area contributed by atoms with Crippen molar-refractivity contribution in [2.24, 2.45) is 5.73 Å². The fourth-order valence-corrected chi connectivity index (χ4v) is 2.56. The van der Waals surface area contributed by atoms with Crippen LogP contribution in [0.4, 0.5) is 0 Å². The number of benzene rings is 2. The molecule has 1 atom stereocenters. The average molecular weight is 334 g/mol. The van der Waals surface area contributed by atoms with Crippen molar-refractivity contribution in [3.05, 3.63) is 84.7 Å². The Bertz CT molecular complexity index is 813. The van der Waals surface area contributed by atoms with Crippen molar-refractivity contribution in [1.29, 1.82) is 0 Å². The van der Waals surface area contributed by atoms with E-state index in [4.69, 9.17) is 10.5 Å². The zero-order valence-electron chi connectivity index (χ0n) is 14.1. The third-order valence-electron chi connectivity index (χ3n) is 3.91. The van der Waals surface area contributed by atoms with Gasteiger partial charge in [0.15, 0.2) is 0 Å². The van der Waals surface area contributed by atoms with Gasteiger partial charge in [0.05, 0.1) is 24.5 Å². The van der Waals surface area contributed by atoms with Crippen LogP contribution in [0.1, 0.15) is 30.1 Å². The smallest absolute Gasteiger partial charge is 0.124 e. The molecule has 1 heterocycles. The van der Waals surface area contributed by atoms with Crippen molar-refractivity contribution in [3.8, 4) is 11.4 Å². The van der Waals surface area contributed by atoms with Gasteiger partial charge in [-0.15, -0.1) is 11.7 Å². The number of allylic oxidation sites excluding steroid dienone is 1. The molecule has 0 amide bonds. The lowest BCUT2D eigenvalue weighted by molar-refractivity contribution is 0.308. The lowest BCUT2D eigenvalue weighted by Crippen LogP contribution is -2.14. The largest absolute Gasteiger partial charge is 0.493 e. The molecule has 0 saturated heterocycles. The molecule has 0 bridgehead atoms. The molecule has 25 heavy (non-hydrogen) atoms. The van der Waals surface area contributed by atoms with Gasteiger partial charge in [-0.05, 0) is 31.0 Å². The number of rotatable bonds is 8. The molecule has 0 spiro atoms. The number of ether oxygens (including phenoxy) is 1. The van der Waals surface area contributed by atoms with E-state index in [-0.39, 0.29) is 0 Å². The molecule has 3 rings (SSSR count). The molecule has 0 radical (unpaired) electrons. The van der Waals surface area contributed by atoms with Crippen molar-refractivity contribution in [2.75, 3.05) is 6.61 Å². The zero-order chi connectivity index (χ0) is 17.5. The Labute approximate surface area is 147 Å². The van der Waals surface area contributed by atoms with Crippen LogP contribution in [0.5, 0.6) is 5.75 Å². The van der Waals surface area contributed by atoms with Gasteiger partial charge in [0, 0.05) is 5.56 Å². The average Bonchev–Trinajstić information content (AvgIpc) is 3.16. The predicted molar refractivity (Wildman–Crippen MR) is 98.8 cm³/mol. The molecule has 5 heteroatoms. The summed E-state index contributed by atoms with van der Waals surface area (Å²) in [5.74, 6) is 0.785. The normalized spacial score (nSPS) is 11.9. The van der Waals surface area contributed by atoms with Crippen LogP contribution in [-0.4, -0.2) is 21.6 Å². The fraction of sp³-hybridized carbons (Fsp3) is 0.200. The predicted octanol–water partition coefficient (Wildman–Crippen LogP) is 3.66. The van der Waals surface area contributed by atoms with Crippen molar-refractivity contribution in [3.63, 3.8) is 0 Å². The van der Waals surface area contributed by atoms with Gasteiger partial charge in [-0.3, -0.25) is 0 Å². The van der Waals surface area contributed by atoms with Crippen LogP contribution in [0.2, 0.25) is 0 Å². The molecule has 0 fully saturated rings. The molecular weight excluding hydrogens is 312 g/mol. The molecule has 2 aromatic carbocycles. The maximum atomic E-state index is 6.43. The van der Waals surface area contributed by atoms with Gasteiger partial charge in [-0.2, -0.15) is 0 Å². The molecule has 0 saturated carbocycles. The molecule has 0 aliphatic rings. The van der Waals surface area contributed by atoms with Crippen LogP contribution in [0, 0.1) is 0 Å². The van der Waals surface area contributed by atoms with Crippen molar-refractivity contribution in [2.45, 2.75) is 18.9 Å². The molecule has 128 valence electrons. The first-order valence-corrected chi connectivity index (χ1v) is 8.35.